The highest BCUT2D eigenvalue weighted by Crippen LogP contribution is 2.24. The first kappa shape index (κ1) is 19.1. The van der Waals surface area contributed by atoms with Gasteiger partial charge < -0.3 is 19.3 Å². The van der Waals surface area contributed by atoms with Crippen molar-refractivity contribution in [2.75, 3.05) is 19.7 Å². The molecule has 3 aromatic rings. The van der Waals surface area contributed by atoms with E-state index in [1.807, 2.05) is 28.8 Å². The van der Waals surface area contributed by atoms with Crippen LogP contribution in [0.5, 0.6) is 0 Å². The molecular formula is C22H21FN2O4. The number of aromatic nitrogens is 1. The summed E-state index contributed by atoms with van der Waals surface area (Å²) in [5, 5.41) is 9.91. The number of benzene rings is 2. The summed E-state index contributed by atoms with van der Waals surface area (Å²) in [5.74, 6) is -1.49. The normalized spacial score (nSPS) is 16.9. The first-order valence-electron chi connectivity index (χ1n) is 9.47. The zero-order valence-corrected chi connectivity index (χ0v) is 15.8. The van der Waals surface area contributed by atoms with Gasteiger partial charge in [0.05, 0.1) is 25.7 Å². The SMILES string of the molecule is O=C(O)C[C@@H]1CN(C(=O)c2cc3ccccc3n2Cc2ccccc2F)CCO1. The molecule has 4 rings (SSSR count). The number of carbonyl (C=O) groups excluding carboxylic acids is 1. The minimum atomic E-state index is -0.960. The minimum absolute atomic E-state index is 0.151. The Hall–Kier alpha value is -3.19. The Morgan fingerprint density at radius 3 is 2.69 bits per heavy atom. The molecule has 0 unspecified atom stereocenters. The third-order valence-corrected chi connectivity index (χ3v) is 5.14. The monoisotopic (exact) mass is 396 g/mol. The summed E-state index contributed by atoms with van der Waals surface area (Å²) in [6.07, 6.45) is -0.684. The number of aliphatic carboxylic acids is 1. The average molecular weight is 396 g/mol. The van der Waals surface area contributed by atoms with Crippen LogP contribution in [-0.2, 0) is 16.1 Å². The van der Waals surface area contributed by atoms with Crippen molar-refractivity contribution < 1.29 is 23.8 Å². The van der Waals surface area contributed by atoms with Gasteiger partial charge in [0.15, 0.2) is 0 Å². The van der Waals surface area contributed by atoms with Crippen molar-refractivity contribution in [2.24, 2.45) is 0 Å². The van der Waals surface area contributed by atoms with E-state index in [4.69, 9.17) is 9.84 Å². The van der Waals surface area contributed by atoms with Gasteiger partial charge in [0.25, 0.3) is 5.91 Å². The van der Waals surface area contributed by atoms with Crippen LogP contribution in [0.3, 0.4) is 0 Å². The summed E-state index contributed by atoms with van der Waals surface area (Å²) in [7, 11) is 0. The molecule has 1 aliphatic rings. The van der Waals surface area contributed by atoms with E-state index in [0.29, 0.717) is 17.8 Å². The maximum absolute atomic E-state index is 14.3. The second-order valence-electron chi connectivity index (χ2n) is 7.11. The molecule has 0 saturated carbocycles. The number of carboxylic acid groups (broad SMARTS) is 1. The molecule has 150 valence electrons. The van der Waals surface area contributed by atoms with Crippen LogP contribution < -0.4 is 0 Å². The second kappa shape index (κ2) is 8.05. The Balaban J connectivity index is 1.68. The second-order valence-corrected chi connectivity index (χ2v) is 7.11. The van der Waals surface area contributed by atoms with E-state index >= 15 is 0 Å². The van der Waals surface area contributed by atoms with Gasteiger partial charge in [-0.25, -0.2) is 4.39 Å². The van der Waals surface area contributed by atoms with E-state index in [9.17, 15) is 14.0 Å². The molecule has 1 aliphatic heterocycles. The Morgan fingerprint density at radius 1 is 1.14 bits per heavy atom. The molecule has 0 bridgehead atoms. The number of fused-ring (bicyclic) bond motifs is 1. The van der Waals surface area contributed by atoms with E-state index in [0.717, 1.165) is 10.9 Å². The maximum atomic E-state index is 14.3. The number of morpholine rings is 1. The largest absolute Gasteiger partial charge is 0.481 e. The van der Waals surface area contributed by atoms with Crippen LogP contribution in [0.15, 0.2) is 54.6 Å². The average Bonchev–Trinajstić information content (AvgIpc) is 3.07. The fourth-order valence-electron chi connectivity index (χ4n) is 3.74. The molecule has 1 N–H and O–H groups in total. The molecule has 1 aromatic heterocycles. The van der Waals surface area contributed by atoms with Crippen molar-refractivity contribution >= 4 is 22.8 Å². The summed E-state index contributed by atoms with van der Waals surface area (Å²) in [6.45, 7) is 1.11. The zero-order valence-electron chi connectivity index (χ0n) is 15.8. The summed E-state index contributed by atoms with van der Waals surface area (Å²) in [4.78, 5) is 25.9. The van der Waals surface area contributed by atoms with Crippen molar-refractivity contribution in [1.29, 1.82) is 0 Å². The van der Waals surface area contributed by atoms with Gasteiger partial charge in [-0.05, 0) is 18.2 Å². The molecule has 29 heavy (non-hydrogen) atoms. The fourth-order valence-corrected chi connectivity index (χ4v) is 3.74. The van der Waals surface area contributed by atoms with Gasteiger partial charge in [0, 0.05) is 29.6 Å². The number of para-hydroxylation sites is 1. The molecule has 2 heterocycles. The van der Waals surface area contributed by atoms with E-state index in [-0.39, 0.29) is 37.8 Å². The summed E-state index contributed by atoms with van der Waals surface area (Å²) in [5.41, 5.74) is 1.79. The van der Waals surface area contributed by atoms with Crippen LogP contribution >= 0.6 is 0 Å². The summed E-state index contributed by atoms with van der Waals surface area (Å²) < 4.78 is 21.6. The van der Waals surface area contributed by atoms with Gasteiger partial charge in [-0.1, -0.05) is 36.4 Å². The molecule has 0 radical (unpaired) electrons. The van der Waals surface area contributed by atoms with Crippen molar-refractivity contribution in [2.45, 2.75) is 19.1 Å². The molecule has 1 fully saturated rings. The Bertz CT molecular complexity index is 1060. The first-order valence-corrected chi connectivity index (χ1v) is 9.47. The minimum Gasteiger partial charge on any atom is -0.481 e. The Labute approximate surface area is 167 Å². The predicted molar refractivity (Wildman–Crippen MR) is 105 cm³/mol. The van der Waals surface area contributed by atoms with Crippen LogP contribution in [0.1, 0.15) is 22.5 Å². The molecule has 1 amide bonds. The van der Waals surface area contributed by atoms with E-state index in [2.05, 4.69) is 0 Å². The maximum Gasteiger partial charge on any atom is 0.306 e. The van der Waals surface area contributed by atoms with Crippen molar-refractivity contribution in [1.82, 2.24) is 9.47 Å². The van der Waals surface area contributed by atoms with Crippen LogP contribution in [0, 0.1) is 5.82 Å². The molecule has 0 spiro atoms. The molecule has 1 atom stereocenters. The number of nitrogens with zero attached hydrogens (tertiary/aromatic N) is 2. The molecule has 7 heteroatoms. The van der Waals surface area contributed by atoms with E-state index in [1.54, 1.807) is 29.2 Å². The molecule has 1 saturated heterocycles. The van der Waals surface area contributed by atoms with Gasteiger partial charge in [-0.3, -0.25) is 9.59 Å². The number of rotatable bonds is 5. The van der Waals surface area contributed by atoms with Crippen LogP contribution in [0.25, 0.3) is 10.9 Å². The third-order valence-electron chi connectivity index (χ3n) is 5.14. The van der Waals surface area contributed by atoms with Crippen molar-refractivity contribution in [3.63, 3.8) is 0 Å². The lowest BCUT2D eigenvalue weighted by molar-refractivity contribution is -0.141. The van der Waals surface area contributed by atoms with E-state index in [1.165, 1.54) is 6.07 Å². The summed E-state index contributed by atoms with van der Waals surface area (Å²) in [6, 6.07) is 15.9. The van der Waals surface area contributed by atoms with Crippen molar-refractivity contribution in [3.8, 4) is 0 Å². The smallest absolute Gasteiger partial charge is 0.306 e. The standard InChI is InChI=1S/C22H21FN2O4/c23-18-7-3-1-6-16(18)13-25-19-8-4-2-5-15(19)11-20(25)22(28)24-9-10-29-17(14-24)12-21(26)27/h1-8,11,17H,9-10,12-14H2,(H,26,27)/t17-/m1/s1. The predicted octanol–water partition coefficient (Wildman–Crippen LogP) is 3.14. The number of carbonyl (C=O) groups is 2. The Kier molecular flexibility index (Phi) is 5.31. The molecular weight excluding hydrogens is 375 g/mol. The Morgan fingerprint density at radius 2 is 1.90 bits per heavy atom. The van der Waals surface area contributed by atoms with Crippen LogP contribution in [0.4, 0.5) is 4.39 Å². The number of halogens is 1. The highest BCUT2D eigenvalue weighted by Gasteiger charge is 2.28. The topological polar surface area (TPSA) is 71.8 Å². The molecule has 6 nitrogen and oxygen atoms in total. The van der Waals surface area contributed by atoms with Gasteiger partial charge in [0.1, 0.15) is 11.5 Å². The number of carboxylic acids is 1. The lowest BCUT2D eigenvalue weighted by Gasteiger charge is -2.32. The lowest BCUT2D eigenvalue weighted by Crippen LogP contribution is -2.46. The number of ether oxygens (including phenoxy) is 1. The summed E-state index contributed by atoms with van der Waals surface area (Å²) >= 11 is 0. The van der Waals surface area contributed by atoms with Crippen LogP contribution in [0.2, 0.25) is 0 Å². The van der Waals surface area contributed by atoms with Gasteiger partial charge in [-0.2, -0.15) is 0 Å². The highest BCUT2D eigenvalue weighted by atomic mass is 19.1. The van der Waals surface area contributed by atoms with Gasteiger partial charge in [0.2, 0.25) is 0 Å². The fraction of sp³-hybridized carbons (Fsp3) is 0.273. The number of hydrogen-bond donors (Lipinski definition) is 1. The highest BCUT2D eigenvalue weighted by molar-refractivity contribution is 5.99. The quantitative estimate of drug-likeness (QED) is 0.719. The zero-order chi connectivity index (χ0) is 20.4. The molecule has 0 aliphatic carbocycles. The third kappa shape index (κ3) is 4.00. The number of hydrogen-bond acceptors (Lipinski definition) is 3. The van der Waals surface area contributed by atoms with Gasteiger partial charge in [-0.15, -0.1) is 0 Å². The van der Waals surface area contributed by atoms with Crippen LogP contribution in [-0.4, -0.2) is 52.3 Å². The molecule has 2 aromatic carbocycles. The van der Waals surface area contributed by atoms with Gasteiger partial charge >= 0.3 is 5.97 Å². The van der Waals surface area contributed by atoms with E-state index < -0.39 is 12.1 Å². The number of amides is 1. The van der Waals surface area contributed by atoms with Crippen molar-refractivity contribution in [3.05, 3.63) is 71.7 Å². The first-order chi connectivity index (χ1) is 14.0. The lowest BCUT2D eigenvalue weighted by atomic mass is 10.2.